The van der Waals surface area contributed by atoms with Crippen molar-refractivity contribution in [3.8, 4) is 0 Å². The van der Waals surface area contributed by atoms with E-state index in [2.05, 4.69) is 16.8 Å². The summed E-state index contributed by atoms with van der Waals surface area (Å²) >= 11 is 0. The van der Waals surface area contributed by atoms with Gasteiger partial charge in [-0.25, -0.2) is 4.98 Å². The number of unbranched alkanes of at least 4 members (excludes halogenated alkanes) is 1. The van der Waals surface area contributed by atoms with Crippen molar-refractivity contribution in [2.45, 2.75) is 19.8 Å². The molecule has 0 amide bonds. The zero-order chi connectivity index (χ0) is 14.4. The Labute approximate surface area is 119 Å². The fourth-order valence-corrected chi connectivity index (χ4v) is 2.10. The number of rotatable bonds is 6. The van der Waals surface area contributed by atoms with Crippen LogP contribution in [-0.2, 0) is 0 Å². The van der Waals surface area contributed by atoms with Crippen LogP contribution in [0.4, 0.5) is 11.5 Å². The van der Waals surface area contributed by atoms with E-state index in [9.17, 15) is 0 Å². The Balaban J connectivity index is 2.44. The van der Waals surface area contributed by atoms with Crippen LogP contribution in [0.1, 0.15) is 25.3 Å². The van der Waals surface area contributed by atoms with Crippen molar-refractivity contribution in [2.24, 2.45) is 5.73 Å². The normalized spacial score (nSPS) is 10.2. The fourth-order valence-electron chi connectivity index (χ4n) is 2.10. The molecule has 3 N–H and O–H groups in total. The highest BCUT2D eigenvalue weighted by atomic mass is 15.2. The molecule has 20 heavy (non-hydrogen) atoms. The Hall–Kier alpha value is -2.36. The summed E-state index contributed by atoms with van der Waals surface area (Å²) in [5.41, 5.74) is 7.42. The lowest BCUT2D eigenvalue weighted by atomic mass is 10.2. The van der Waals surface area contributed by atoms with E-state index < -0.39 is 0 Å². The van der Waals surface area contributed by atoms with Crippen molar-refractivity contribution < 1.29 is 0 Å². The van der Waals surface area contributed by atoms with Crippen LogP contribution in [-0.4, -0.2) is 17.4 Å². The number of pyridine rings is 1. The summed E-state index contributed by atoms with van der Waals surface area (Å²) in [6.45, 7) is 3.02. The van der Waals surface area contributed by atoms with E-state index in [-0.39, 0.29) is 5.84 Å². The second-order valence-electron chi connectivity index (χ2n) is 4.63. The average molecular weight is 268 g/mol. The number of nitrogen functional groups attached to an aromatic ring is 1. The summed E-state index contributed by atoms with van der Waals surface area (Å²) in [7, 11) is 0. The molecule has 0 unspecified atom stereocenters. The molecule has 0 saturated carbocycles. The standard InChI is InChI=1S/C16H20N4/c1-2-3-12-20(13-8-5-4-6-9-13)16-14(15(17)18)10-7-11-19-16/h4-11H,2-3,12H2,1H3,(H3,17,18). The Kier molecular flexibility index (Phi) is 4.71. The van der Waals surface area contributed by atoms with Crippen molar-refractivity contribution in [3.63, 3.8) is 0 Å². The second kappa shape index (κ2) is 6.70. The van der Waals surface area contributed by atoms with Gasteiger partial charge in [0.1, 0.15) is 11.7 Å². The summed E-state index contributed by atoms with van der Waals surface area (Å²) in [5, 5.41) is 7.72. The smallest absolute Gasteiger partial charge is 0.143 e. The van der Waals surface area contributed by atoms with Gasteiger partial charge in [-0.2, -0.15) is 0 Å². The molecule has 0 fully saturated rings. The molecule has 104 valence electrons. The van der Waals surface area contributed by atoms with Crippen LogP contribution in [0.25, 0.3) is 0 Å². The van der Waals surface area contributed by atoms with E-state index in [1.54, 1.807) is 6.20 Å². The van der Waals surface area contributed by atoms with Gasteiger partial charge >= 0.3 is 0 Å². The summed E-state index contributed by atoms with van der Waals surface area (Å²) in [6.07, 6.45) is 3.90. The molecule has 0 spiro atoms. The highest BCUT2D eigenvalue weighted by Gasteiger charge is 2.15. The number of nitrogens with two attached hydrogens (primary N) is 1. The first-order valence-electron chi connectivity index (χ1n) is 6.86. The van der Waals surface area contributed by atoms with Crippen LogP contribution in [0.5, 0.6) is 0 Å². The number of anilines is 2. The predicted octanol–water partition coefficient (Wildman–Crippen LogP) is 3.30. The molecule has 4 nitrogen and oxygen atoms in total. The molecule has 2 rings (SSSR count). The first-order chi connectivity index (χ1) is 9.74. The van der Waals surface area contributed by atoms with Gasteiger partial charge < -0.3 is 10.6 Å². The molecule has 1 aromatic carbocycles. The Morgan fingerprint density at radius 3 is 2.60 bits per heavy atom. The third-order valence-electron chi connectivity index (χ3n) is 3.14. The van der Waals surface area contributed by atoms with E-state index in [1.807, 2.05) is 42.5 Å². The largest absolute Gasteiger partial charge is 0.384 e. The van der Waals surface area contributed by atoms with Gasteiger partial charge in [0.05, 0.1) is 5.56 Å². The van der Waals surface area contributed by atoms with E-state index in [0.717, 1.165) is 30.9 Å². The third kappa shape index (κ3) is 3.15. The Morgan fingerprint density at radius 2 is 1.95 bits per heavy atom. The zero-order valence-electron chi connectivity index (χ0n) is 11.7. The average Bonchev–Trinajstić information content (AvgIpc) is 2.49. The summed E-state index contributed by atoms with van der Waals surface area (Å²) in [4.78, 5) is 6.56. The predicted molar refractivity (Wildman–Crippen MR) is 83.6 cm³/mol. The molecule has 0 aliphatic rings. The van der Waals surface area contributed by atoms with Gasteiger partial charge in [-0.3, -0.25) is 5.41 Å². The highest BCUT2D eigenvalue weighted by molar-refractivity contribution is 6.00. The molecular formula is C16H20N4. The first-order valence-corrected chi connectivity index (χ1v) is 6.86. The molecular weight excluding hydrogens is 248 g/mol. The molecule has 0 saturated heterocycles. The van der Waals surface area contributed by atoms with Crippen molar-refractivity contribution >= 4 is 17.3 Å². The van der Waals surface area contributed by atoms with E-state index in [4.69, 9.17) is 11.1 Å². The minimum atomic E-state index is 0.0468. The molecule has 2 aromatic rings. The van der Waals surface area contributed by atoms with Crippen LogP contribution in [0.2, 0.25) is 0 Å². The van der Waals surface area contributed by atoms with Gasteiger partial charge in [-0.15, -0.1) is 0 Å². The van der Waals surface area contributed by atoms with Gasteiger partial charge in [-0.05, 0) is 30.7 Å². The number of nitrogens with zero attached hydrogens (tertiary/aromatic N) is 2. The van der Waals surface area contributed by atoms with Gasteiger partial charge in [0.25, 0.3) is 0 Å². The maximum atomic E-state index is 7.72. The van der Waals surface area contributed by atoms with Crippen LogP contribution in [0.3, 0.4) is 0 Å². The van der Waals surface area contributed by atoms with Crippen LogP contribution < -0.4 is 10.6 Å². The second-order valence-corrected chi connectivity index (χ2v) is 4.63. The number of para-hydroxylation sites is 1. The van der Waals surface area contributed by atoms with Gasteiger partial charge in [0, 0.05) is 18.4 Å². The number of hydrogen-bond acceptors (Lipinski definition) is 3. The summed E-state index contributed by atoms with van der Waals surface area (Å²) in [5.74, 6) is 0.796. The lowest BCUT2D eigenvalue weighted by Crippen LogP contribution is -2.24. The number of aromatic nitrogens is 1. The molecule has 4 heteroatoms. The molecule has 0 radical (unpaired) electrons. The minimum Gasteiger partial charge on any atom is -0.384 e. The molecule has 1 aromatic heterocycles. The molecule has 1 heterocycles. The van der Waals surface area contributed by atoms with Crippen molar-refractivity contribution in [1.29, 1.82) is 5.41 Å². The number of benzene rings is 1. The Bertz CT molecular complexity index is 566. The number of hydrogen-bond donors (Lipinski definition) is 2. The van der Waals surface area contributed by atoms with E-state index in [0.29, 0.717) is 5.56 Å². The van der Waals surface area contributed by atoms with Crippen LogP contribution >= 0.6 is 0 Å². The molecule has 0 atom stereocenters. The van der Waals surface area contributed by atoms with E-state index >= 15 is 0 Å². The Morgan fingerprint density at radius 1 is 1.20 bits per heavy atom. The van der Waals surface area contributed by atoms with Crippen molar-refractivity contribution in [2.75, 3.05) is 11.4 Å². The van der Waals surface area contributed by atoms with Crippen molar-refractivity contribution in [1.82, 2.24) is 4.98 Å². The van der Waals surface area contributed by atoms with Gasteiger partial charge in [0.15, 0.2) is 0 Å². The van der Waals surface area contributed by atoms with E-state index in [1.165, 1.54) is 0 Å². The van der Waals surface area contributed by atoms with Crippen molar-refractivity contribution in [3.05, 3.63) is 54.2 Å². The maximum absolute atomic E-state index is 7.72. The topological polar surface area (TPSA) is 66.0 Å². The quantitative estimate of drug-likeness (QED) is 0.624. The molecule has 0 aliphatic heterocycles. The molecule has 0 bridgehead atoms. The SMILES string of the molecule is CCCCN(c1ccccc1)c1ncccc1C(=N)N. The minimum absolute atomic E-state index is 0.0468. The summed E-state index contributed by atoms with van der Waals surface area (Å²) in [6, 6.07) is 13.7. The monoisotopic (exact) mass is 268 g/mol. The number of nitrogens with one attached hydrogen (secondary N) is 1. The molecule has 0 aliphatic carbocycles. The van der Waals surface area contributed by atoms with Gasteiger partial charge in [-0.1, -0.05) is 31.5 Å². The lowest BCUT2D eigenvalue weighted by Gasteiger charge is -2.25. The zero-order valence-corrected chi connectivity index (χ0v) is 11.7. The van der Waals surface area contributed by atoms with Crippen LogP contribution in [0, 0.1) is 5.41 Å². The van der Waals surface area contributed by atoms with Gasteiger partial charge in [0.2, 0.25) is 0 Å². The first kappa shape index (κ1) is 14.1. The summed E-state index contributed by atoms with van der Waals surface area (Å²) < 4.78 is 0. The lowest BCUT2D eigenvalue weighted by molar-refractivity contribution is 0.779. The maximum Gasteiger partial charge on any atom is 0.143 e. The number of amidine groups is 1. The third-order valence-corrected chi connectivity index (χ3v) is 3.14. The van der Waals surface area contributed by atoms with Crippen LogP contribution in [0.15, 0.2) is 48.7 Å². The fraction of sp³-hybridized carbons (Fsp3) is 0.250. The highest BCUT2D eigenvalue weighted by Crippen LogP contribution is 2.26.